The van der Waals surface area contributed by atoms with Gasteiger partial charge in [-0.1, -0.05) is 37.3 Å². The number of aliphatic hydroxyl groups excluding tert-OH is 1. The van der Waals surface area contributed by atoms with Crippen molar-refractivity contribution < 1.29 is 14.6 Å². The SMILES string of the molecule is CC(O)CN(CCNCCC(C)c1ccccc1)C(=O)OC(C)(C)C. The van der Waals surface area contributed by atoms with Gasteiger partial charge in [-0.15, -0.1) is 0 Å². The molecule has 1 rings (SSSR count). The van der Waals surface area contributed by atoms with Gasteiger partial charge in [0, 0.05) is 19.6 Å². The van der Waals surface area contributed by atoms with E-state index < -0.39 is 11.7 Å². The molecule has 0 aliphatic carbocycles. The zero-order valence-corrected chi connectivity index (χ0v) is 16.3. The number of hydrogen-bond donors (Lipinski definition) is 2. The molecule has 0 saturated heterocycles. The second-order valence-corrected chi connectivity index (χ2v) is 7.63. The molecule has 0 bridgehead atoms. The van der Waals surface area contributed by atoms with Gasteiger partial charge in [-0.25, -0.2) is 4.79 Å². The number of carbonyl (C=O) groups excluding carboxylic acids is 1. The van der Waals surface area contributed by atoms with Crippen molar-refractivity contribution in [1.29, 1.82) is 0 Å². The minimum absolute atomic E-state index is 0.275. The van der Waals surface area contributed by atoms with Crippen molar-refractivity contribution in [2.24, 2.45) is 0 Å². The first kappa shape index (κ1) is 21.5. The van der Waals surface area contributed by atoms with Crippen LogP contribution in [0.2, 0.25) is 0 Å². The number of amides is 1. The van der Waals surface area contributed by atoms with Gasteiger partial charge in [-0.2, -0.15) is 0 Å². The van der Waals surface area contributed by atoms with E-state index in [-0.39, 0.29) is 12.6 Å². The second kappa shape index (κ2) is 10.4. The summed E-state index contributed by atoms with van der Waals surface area (Å²) in [6.07, 6.45) is 0.0748. The average molecular weight is 351 g/mol. The summed E-state index contributed by atoms with van der Waals surface area (Å²) < 4.78 is 5.40. The number of nitrogens with one attached hydrogen (secondary N) is 1. The highest BCUT2D eigenvalue weighted by Crippen LogP contribution is 2.17. The van der Waals surface area contributed by atoms with Gasteiger partial charge in [-0.3, -0.25) is 0 Å². The fourth-order valence-corrected chi connectivity index (χ4v) is 2.51. The van der Waals surface area contributed by atoms with Crippen LogP contribution in [0.5, 0.6) is 0 Å². The van der Waals surface area contributed by atoms with E-state index in [4.69, 9.17) is 4.74 Å². The topological polar surface area (TPSA) is 61.8 Å². The number of rotatable bonds is 9. The fourth-order valence-electron chi connectivity index (χ4n) is 2.51. The normalized spacial score (nSPS) is 14.0. The Morgan fingerprint density at radius 3 is 2.40 bits per heavy atom. The molecule has 1 amide bonds. The van der Waals surface area contributed by atoms with Gasteiger partial charge in [0.25, 0.3) is 0 Å². The minimum Gasteiger partial charge on any atom is -0.444 e. The van der Waals surface area contributed by atoms with Gasteiger partial charge >= 0.3 is 6.09 Å². The molecule has 0 aliphatic rings. The summed E-state index contributed by atoms with van der Waals surface area (Å²) in [7, 11) is 0. The Labute approximate surface area is 152 Å². The first-order chi connectivity index (χ1) is 11.7. The lowest BCUT2D eigenvalue weighted by Crippen LogP contribution is -2.43. The third-order valence-electron chi connectivity index (χ3n) is 3.82. The first-order valence-corrected chi connectivity index (χ1v) is 9.10. The molecule has 5 heteroatoms. The Morgan fingerprint density at radius 2 is 1.84 bits per heavy atom. The molecule has 1 aromatic carbocycles. The van der Waals surface area contributed by atoms with Crippen LogP contribution in [0.15, 0.2) is 30.3 Å². The number of aliphatic hydroxyl groups is 1. The lowest BCUT2D eigenvalue weighted by Gasteiger charge is -2.28. The van der Waals surface area contributed by atoms with E-state index in [1.165, 1.54) is 5.56 Å². The summed E-state index contributed by atoms with van der Waals surface area (Å²) in [5, 5.41) is 13.0. The summed E-state index contributed by atoms with van der Waals surface area (Å²) in [4.78, 5) is 13.8. The van der Waals surface area contributed by atoms with E-state index in [2.05, 4.69) is 36.5 Å². The van der Waals surface area contributed by atoms with E-state index in [1.807, 2.05) is 26.8 Å². The van der Waals surface area contributed by atoms with E-state index in [1.54, 1.807) is 11.8 Å². The van der Waals surface area contributed by atoms with Crippen molar-refractivity contribution >= 4 is 6.09 Å². The molecule has 0 aromatic heterocycles. The summed E-state index contributed by atoms with van der Waals surface area (Å²) >= 11 is 0. The third-order valence-corrected chi connectivity index (χ3v) is 3.82. The minimum atomic E-state index is -0.578. The Morgan fingerprint density at radius 1 is 1.20 bits per heavy atom. The maximum atomic E-state index is 12.2. The van der Waals surface area contributed by atoms with Crippen LogP contribution in [0.1, 0.15) is 52.5 Å². The molecular weight excluding hydrogens is 316 g/mol. The van der Waals surface area contributed by atoms with E-state index in [0.29, 0.717) is 19.0 Å². The van der Waals surface area contributed by atoms with Crippen LogP contribution in [-0.4, -0.2) is 54.0 Å². The van der Waals surface area contributed by atoms with Gasteiger partial charge in [0.05, 0.1) is 6.10 Å². The van der Waals surface area contributed by atoms with Crippen LogP contribution in [0.3, 0.4) is 0 Å². The summed E-state index contributed by atoms with van der Waals surface area (Å²) in [5.74, 6) is 0.494. The predicted molar refractivity (Wildman–Crippen MR) is 102 cm³/mol. The lowest BCUT2D eigenvalue weighted by molar-refractivity contribution is 0.0164. The van der Waals surface area contributed by atoms with Crippen molar-refractivity contribution in [1.82, 2.24) is 10.2 Å². The van der Waals surface area contributed by atoms with Gasteiger partial charge in [0.15, 0.2) is 0 Å². The van der Waals surface area contributed by atoms with Crippen molar-refractivity contribution in [2.45, 2.75) is 58.7 Å². The number of hydrogen-bond acceptors (Lipinski definition) is 4. The molecule has 1 aromatic rings. The van der Waals surface area contributed by atoms with Crippen molar-refractivity contribution in [3.63, 3.8) is 0 Å². The molecule has 2 atom stereocenters. The Kier molecular flexibility index (Phi) is 8.93. The largest absolute Gasteiger partial charge is 0.444 e. The lowest BCUT2D eigenvalue weighted by atomic mass is 9.98. The third kappa shape index (κ3) is 9.46. The molecule has 0 heterocycles. The van der Waals surface area contributed by atoms with Crippen LogP contribution in [0, 0.1) is 0 Å². The average Bonchev–Trinajstić information content (AvgIpc) is 2.52. The van der Waals surface area contributed by atoms with Crippen LogP contribution in [-0.2, 0) is 4.74 Å². The summed E-state index contributed by atoms with van der Waals surface area (Å²) in [6.45, 7) is 11.8. The summed E-state index contributed by atoms with van der Waals surface area (Å²) in [6, 6.07) is 10.5. The van der Waals surface area contributed by atoms with Gasteiger partial charge in [0.2, 0.25) is 0 Å². The molecule has 2 N–H and O–H groups in total. The molecule has 25 heavy (non-hydrogen) atoms. The number of carbonyl (C=O) groups is 1. The molecule has 142 valence electrons. The Hall–Kier alpha value is -1.59. The predicted octanol–water partition coefficient (Wildman–Crippen LogP) is 3.39. The molecular formula is C20H34N2O3. The van der Waals surface area contributed by atoms with E-state index >= 15 is 0 Å². The molecule has 0 spiro atoms. The van der Waals surface area contributed by atoms with Crippen LogP contribution in [0.25, 0.3) is 0 Å². The van der Waals surface area contributed by atoms with Crippen LogP contribution < -0.4 is 5.32 Å². The zero-order chi connectivity index (χ0) is 18.9. The maximum Gasteiger partial charge on any atom is 0.410 e. The highest BCUT2D eigenvalue weighted by Gasteiger charge is 2.22. The molecule has 0 saturated carbocycles. The van der Waals surface area contributed by atoms with E-state index in [0.717, 1.165) is 13.0 Å². The highest BCUT2D eigenvalue weighted by molar-refractivity contribution is 5.68. The van der Waals surface area contributed by atoms with Gasteiger partial charge in [-0.05, 0) is 52.1 Å². The van der Waals surface area contributed by atoms with Crippen LogP contribution >= 0.6 is 0 Å². The van der Waals surface area contributed by atoms with Crippen molar-refractivity contribution in [3.05, 3.63) is 35.9 Å². The second-order valence-electron chi connectivity index (χ2n) is 7.63. The molecule has 0 aliphatic heterocycles. The Balaban J connectivity index is 2.35. The molecule has 5 nitrogen and oxygen atoms in total. The maximum absolute atomic E-state index is 12.2. The van der Waals surface area contributed by atoms with Crippen molar-refractivity contribution in [3.8, 4) is 0 Å². The van der Waals surface area contributed by atoms with Crippen LogP contribution in [0.4, 0.5) is 4.79 Å². The zero-order valence-electron chi connectivity index (χ0n) is 16.3. The van der Waals surface area contributed by atoms with Gasteiger partial charge in [0.1, 0.15) is 5.60 Å². The highest BCUT2D eigenvalue weighted by atomic mass is 16.6. The molecule has 2 unspecified atom stereocenters. The fraction of sp³-hybridized carbons (Fsp3) is 0.650. The summed E-state index contributed by atoms with van der Waals surface area (Å²) in [5.41, 5.74) is 0.806. The number of nitrogens with zero attached hydrogens (tertiary/aromatic N) is 1. The molecule has 0 radical (unpaired) electrons. The smallest absolute Gasteiger partial charge is 0.410 e. The quantitative estimate of drug-likeness (QED) is 0.670. The van der Waals surface area contributed by atoms with E-state index in [9.17, 15) is 9.90 Å². The Bertz CT molecular complexity index is 497. The van der Waals surface area contributed by atoms with Crippen molar-refractivity contribution in [2.75, 3.05) is 26.2 Å². The monoisotopic (exact) mass is 350 g/mol. The standard InChI is InChI=1S/C20H34N2O3/c1-16(18-9-7-6-8-10-18)11-12-21-13-14-22(15-17(2)23)19(24)25-20(3,4)5/h6-10,16-17,21,23H,11-15H2,1-5H3. The molecule has 0 fully saturated rings. The number of benzene rings is 1. The number of ether oxygens (including phenoxy) is 1. The van der Waals surface area contributed by atoms with Gasteiger partial charge < -0.3 is 20.1 Å². The first-order valence-electron chi connectivity index (χ1n) is 9.10.